The van der Waals surface area contributed by atoms with Crippen LogP contribution < -0.4 is 10.9 Å². The molecule has 0 spiro atoms. The largest absolute Gasteiger partial charge is 0.372 e. The van der Waals surface area contributed by atoms with E-state index in [9.17, 15) is 9.59 Å². The van der Waals surface area contributed by atoms with Gasteiger partial charge in [-0.15, -0.1) is 0 Å². The summed E-state index contributed by atoms with van der Waals surface area (Å²) in [6.45, 7) is 0. The lowest BCUT2D eigenvalue weighted by Crippen LogP contribution is -2.21. The zero-order valence-electron chi connectivity index (χ0n) is 8.10. The second-order valence-corrected chi connectivity index (χ2v) is 2.98. The first-order valence-corrected chi connectivity index (χ1v) is 4.42. The van der Waals surface area contributed by atoms with Gasteiger partial charge in [-0.3, -0.25) is 14.0 Å². The van der Waals surface area contributed by atoms with Crippen LogP contribution in [0.1, 0.15) is 10.4 Å². The van der Waals surface area contributed by atoms with Crippen LogP contribution in [0.4, 0.5) is 5.82 Å². The number of carbonyl (C=O) groups excluding carboxylic acids is 1. The highest BCUT2D eigenvalue weighted by Gasteiger charge is 2.09. The number of hydrogen-bond donors (Lipinski definition) is 1. The molecule has 0 aliphatic rings. The van der Waals surface area contributed by atoms with Gasteiger partial charge in [0.15, 0.2) is 6.29 Å². The van der Waals surface area contributed by atoms with E-state index in [2.05, 4.69) is 10.3 Å². The lowest BCUT2D eigenvalue weighted by atomic mass is 10.3. The van der Waals surface area contributed by atoms with Gasteiger partial charge in [0.1, 0.15) is 17.0 Å². The SMILES string of the molecule is CNc1nc2ccccn2c(=O)c1C=O. The number of rotatable bonds is 2. The van der Waals surface area contributed by atoms with Crippen LogP contribution in [0.25, 0.3) is 5.65 Å². The van der Waals surface area contributed by atoms with Gasteiger partial charge in [-0.25, -0.2) is 4.98 Å². The van der Waals surface area contributed by atoms with E-state index >= 15 is 0 Å². The first-order chi connectivity index (χ1) is 7.27. The summed E-state index contributed by atoms with van der Waals surface area (Å²) in [4.78, 5) is 26.7. The molecule has 0 fully saturated rings. The molecule has 0 aliphatic carbocycles. The molecular weight excluding hydrogens is 194 g/mol. The summed E-state index contributed by atoms with van der Waals surface area (Å²) < 4.78 is 1.34. The van der Waals surface area contributed by atoms with Crippen LogP contribution >= 0.6 is 0 Å². The fourth-order valence-electron chi connectivity index (χ4n) is 1.40. The van der Waals surface area contributed by atoms with Crippen molar-refractivity contribution in [3.8, 4) is 0 Å². The lowest BCUT2D eigenvalue weighted by molar-refractivity contribution is 0.112. The Hall–Kier alpha value is -2.17. The molecule has 0 bridgehead atoms. The molecule has 0 atom stereocenters. The molecule has 5 nitrogen and oxygen atoms in total. The summed E-state index contributed by atoms with van der Waals surface area (Å²) in [6, 6.07) is 5.20. The van der Waals surface area contributed by atoms with Gasteiger partial charge in [0, 0.05) is 13.2 Å². The van der Waals surface area contributed by atoms with Crippen LogP contribution in [0.15, 0.2) is 29.2 Å². The summed E-state index contributed by atoms with van der Waals surface area (Å²) >= 11 is 0. The van der Waals surface area contributed by atoms with Crippen molar-refractivity contribution in [2.24, 2.45) is 0 Å². The van der Waals surface area contributed by atoms with Crippen molar-refractivity contribution in [3.05, 3.63) is 40.3 Å². The summed E-state index contributed by atoms with van der Waals surface area (Å²) in [5.74, 6) is 0.307. The third kappa shape index (κ3) is 1.38. The van der Waals surface area contributed by atoms with Gasteiger partial charge in [-0.05, 0) is 12.1 Å². The van der Waals surface area contributed by atoms with E-state index < -0.39 is 0 Å². The first kappa shape index (κ1) is 9.39. The van der Waals surface area contributed by atoms with Crippen molar-refractivity contribution in [2.75, 3.05) is 12.4 Å². The third-order valence-corrected chi connectivity index (χ3v) is 2.12. The summed E-state index contributed by atoms with van der Waals surface area (Å²) in [6.07, 6.45) is 2.09. The number of fused-ring (bicyclic) bond motifs is 1. The molecule has 0 saturated heterocycles. The van der Waals surface area contributed by atoms with E-state index in [4.69, 9.17) is 0 Å². The number of nitrogens with zero attached hydrogens (tertiary/aromatic N) is 2. The monoisotopic (exact) mass is 203 g/mol. The number of pyridine rings is 1. The predicted molar refractivity (Wildman–Crippen MR) is 56.4 cm³/mol. The van der Waals surface area contributed by atoms with E-state index in [1.54, 1.807) is 31.4 Å². The molecule has 0 aliphatic heterocycles. The molecule has 0 saturated carbocycles. The topological polar surface area (TPSA) is 63.5 Å². The van der Waals surface area contributed by atoms with Crippen molar-refractivity contribution >= 4 is 17.8 Å². The van der Waals surface area contributed by atoms with Gasteiger partial charge in [-0.1, -0.05) is 6.07 Å². The molecule has 15 heavy (non-hydrogen) atoms. The van der Waals surface area contributed by atoms with E-state index in [-0.39, 0.29) is 11.1 Å². The Labute approximate surface area is 85.4 Å². The molecule has 5 heteroatoms. The zero-order chi connectivity index (χ0) is 10.8. The Morgan fingerprint density at radius 3 is 2.93 bits per heavy atom. The Morgan fingerprint density at radius 2 is 2.27 bits per heavy atom. The van der Waals surface area contributed by atoms with Crippen molar-refractivity contribution in [2.45, 2.75) is 0 Å². The van der Waals surface area contributed by atoms with Gasteiger partial charge in [-0.2, -0.15) is 0 Å². The smallest absolute Gasteiger partial charge is 0.270 e. The van der Waals surface area contributed by atoms with Crippen LogP contribution in [0.5, 0.6) is 0 Å². The van der Waals surface area contributed by atoms with Gasteiger partial charge in [0.25, 0.3) is 5.56 Å². The van der Waals surface area contributed by atoms with Gasteiger partial charge < -0.3 is 5.32 Å². The van der Waals surface area contributed by atoms with Crippen molar-refractivity contribution < 1.29 is 4.79 Å². The highest BCUT2D eigenvalue weighted by Crippen LogP contribution is 2.06. The summed E-state index contributed by atoms with van der Waals surface area (Å²) in [7, 11) is 1.62. The molecule has 76 valence electrons. The average molecular weight is 203 g/mol. The van der Waals surface area contributed by atoms with Gasteiger partial charge in [0.05, 0.1) is 0 Å². The van der Waals surface area contributed by atoms with Crippen molar-refractivity contribution in [1.82, 2.24) is 9.38 Å². The van der Waals surface area contributed by atoms with Gasteiger partial charge in [0.2, 0.25) is 0 Å². The molecule has 1 N–H and O–H groups in total. The predicted octanol–water partition coefficient (Wildman–Crippen LogP) is 0.549. The van der Waals surface area contributed by atoms with Gasteiger partial charge >= 0.3 is 0 Å². The number of hydrogen-bond acceptors (Lipinski definition) is 4. The molecule has 2 aromatic heterocycles. The molecule has 2 aromatic rings. The van der Waals surface area contributed by atoms with Crippen LogP contribution in [0.2, 0.25) is 0 Å². The Bertz CT molecular complexity index is 574. The maximum absolute atomic E-state index is 11.8. The highest BCUT2D eigenvalue weighted by atomic mass is 16.1. The van der Waals surface area contributed by atoms with E-state index in [0.717, 1.165) is 0 Å². The van der Waals surface area contributed by atoms with E-state index in [0.29, 0.717) is 17.8 Å². The van der Waals surface area contributed by atoms with Crippen LogP contribution in [-0.2, 0) is 0 Å². The van der Waals surface area contributed by atoms with Crippen LogP contribution in [0, 0.1) is 0 Å². The minimum atomic E-state index is -0.361. The van der Waals surface area contributed by atoms with Crippen LogP contribution in [0.3, 0.4) is 0 Å². The number of anilines is 1. The normalized spacial score (nSPS) is 10.2. The third-order valence-electron chi connectivity index (χ3n) is 2.12. The second-order valence-electron chi connectivity index (χ2n) is 2.98. The number of aldehydes is 1. The lowest BCUT2D eigenvalue weighted by Gasteiger charge is -2.05. The molecule has 0 unspecified atom stereocenters. The maximum atomic E-state index is 11.8. The number of nitrogens with one attached hydrogen (secondary N) is 1. The van der Waals surface area contributed by atoms with E-state index in [1.165, 1.54) is 4.40 Å². The summed E-state index contributed by atoms with van der Waals surface area (Å²) in [5, 5.41) is 2.72. The Balaban J connectivity index is 2.94. The van der Waals surface area contributed by atoms with E-state index in [1.807, 2.05) is 0 Å². The second kappa shape index (κ2) is 3.53. The molecule has 0 amide bonds. The minimum Gasteiger partial charge on any atom is -0.372 e. The average Bonchev–Trinajstić information content (AvgIpc) is 2.29. The highest BCUT2D eigenvalue weighted by molar-refractivity contribution is 5.82. The van der Waals surface area contributed by atoms with Crippen molar-refractivity contribution in [3.63, 3.8) is 0 Å². The summed E-state index contributed by atoms with van der Waals surface area (Å²) in [5.41, 5.74) is 0.193. The number of carbonyl (C=O) groups is 1. The Morgan fingerprint density at radius 1 is 1.47 bits per heavy atom. The quantitative estimate of drug-likeness (QED) is 0.724. The number of aromatic nitrogens is 2. The van der Waals surface area contributed by atoms with Crippen LogP contribution in [-0.4, -0.2) is 22.7 Å². The first-order valence-electron chi connectivity index (χ1n) is 4.42. The molecular formula is C10H9N3O2. The standard InChI is InChI=1S/C10H9N3O2/c1-11-9-7(6-14)10(15)13-5-3-2-4-8(13)12-9/h2-6,11H,1H3. The minimum absolute atomic E-state index is 0.0428. The fraction of sp³-hybridized carbons (Fsp3) is 0.100. The van der Waals surface area contributed by atoms with Crippen molar-refractivity contribution in [1.29, 1.82) is 0 Å². The zero-order valence-corrected chi connectivity index (χ0v) is 8.10. The Kier molecular flexibility index (Phi) is 2.21. The maximum Gasteiger partial charge on any atom is 0.270 e. The molecule has 0 radical (unpaired) electrons. The fourth-order valence-corrected chi connectivity index (χ4v) is 1.40. The molecule has 0 aromatic carbocycles. The molecule has 2 rings (SSSR count). The molecule has 2 heterocycles.